The molecule has 1 aromatic carbocycles. The molecule has 2 atom stereocenters. The van der Waals surface area contributed by atoms with E-state index in [9.17, 15) is 15.0 Å². The molecule has 3 N–H and O–H groups in total. The van der Waals surface area contributed by atoms with Gasteiger partial charge in [0.25, 0.3) is 0 Å². The van der Waals surface area contributed by atoms with Crippen LogP contribution in [0.2, 0.25) is 0 Å². The number of hydrogen-bond acceptors (Lipinski definition) is 4. The van der Waals surface area contributed by atoms with Crippen molar-refractivity contribution in [2.75, 3.05) is 7.05 Å². The molecule has 0 aliphatic heterocycles. The van der Waals surface area contributed by atoms with Crippen LogP contribution in [0.4, 0.5) is 0 Å². The molecule has 0 aromatic heterocycles. The molecule has 100 valence electrons. The summed E-state index contributed by atoms with van der Waals surface area (Å²) in [6.07, 6.45) is 0.487. The number of aliphatic carboxylic acids is 1. The van der Waals surface area contributed by atoms with Crippen LogP contribution in [0.3, 0.4) is 0 Å². The fourth-order valence-electron chi connectivity index (χ4n) is 2.00. The van der Waals surface area contributed by atoms with Gasteiger partial charge >= 0.3 is 5.97 Å². The van der Waals surface area contributed by atoms with Gasteiger partial charge in [-0.05, 0) is 38.1 Å². The predicted molar refractivity (Wildman–Crippen MR) is 67.7 cm³/mol. The molecule has 18 heavy (non-hydrogen) atoms. The monoisotopic (exact) mass is 253 g/mol. The SMILES string of the molecule is CCC(C(=O)O)N(C)C(C)c1cc(O)cc(O)c1. The molecule has 0 saturated heterocycles. The molecule has 0 radical (unpaired) electrons. The lowest BCUT2D eigenvalue weighted by Crippen LogP contribution is -2.39. The van der Waals surface area contributed by atoms with Gasteiger partial charge in [0.05, 0.1) is 0 Å². The molecule has 1 rings (SSSR count). The summed E-state index contributed by atoms with van der Waals surface area (Å²) < 4.78 is 0. The molecule has 1 aromatic rings. The molecule has 0 aliphatic carbocycles. The van der Waals surface area contributed by atoms with E-state index in [2.05, 4.69) is 0 Å². The largest absolute Gasteiger partial charge is 0.508 e. The minimum absolute atomic E-state index is 0.0337. The zero-order valence-electron chi connectivity index (χ0n) is 10.8. The normalized spacial score (nSPS) is 14.4. The first-order chi connectivity index (χ1) is 8.36. The van der Waals surface area contributed by atoms with Crippen molar-refractivity contribution in [1.29, 1.82) is 0 Å². The Hall–Kier alpha value is -1.75. The van der Waals surface area contributed by atoms with Crippen LogP contribution in [-0.2, 0) is 4.79 Å². The third-order valence-electron chi connectivity index (χ3n) is 3.18. The summed E-state index contributed by atoms with van der Waals surface area (Å²) >= 11 is 0. The van der Waals surface area contributed by atoms with E-state index in [0.29, 0.717) is 12.0 Å². The molecule has 0 heterocycles. The van der Waals surface area contributed by atoms with E-state index in [1.54, 1.807) is 11.9 Å². The molecule has 0 aliphatic rings. The van der Waals surface area contributed by atoms with Crippen LogP contribution in [0.15, 0.2) is 18.2 Å². The second kappa shape index (κ2) is 5.73. The lowest BCUT2D eigenvalue weighted by Gasteiger charge is -2.30. The van der Waals surface area contributed by atoms with Gasteiger partial charge in [-0.3, -0.25) is 9.69 Å². The Balaban J connectivity index is 2.98. The van der Waals surface area contributed by atoms with E-state index < -0.39 is 12.0 Å². The number of carboxylic acid groups (broad SMARTS) is 1. The van der Waals surface area contributed by atoms with Gasteiger partial charge in [-0.25, -0.2) is 0 Å². The van der Waals surface area contributed by atoms with Gasteiger partial charge in [-0.1, -0.05) is 6.92 Å². The highest BCUT2D eigenvalue weighted by Gasteiger charge is 2.25. The number of benzene rings is 1. The molecular weight excluding hydrogens is 234 g/mol. The minimum atomic E-state index is -0.878. The number of likely N-dealkylation sites (N-methyl/N-ethyl adjacent to an activating group) is 1. The Labute approximate surface area is 106 Å². The number of aromatic hydroxyl groups is 2. The van der Waals surface area contributed by atoms with E-state index in [1.807, 2.05) is 13.8 Å². The third-order valence-corrected chi connectivity index (χ3v) is 3.18. The molecule has 0 amide bonds. The van der Waals surface area contributed by atoms with Crippen molar-refractivity contribution >= 4 is 5.97 Å². The first-order valence-corrected chi connectivity index (χ1v) is 5.84. The zero-order chi connectivity index (χ0) is 13.9. The fourth-order valence-corrected chi connectivity index (χ4v) is 2.00. The topological polar surface area (TPSA) is 81.0 Å². The van der Waals surface area contributed by atoms with Crippen molar-refractivity contribution in [2.24, 2.45) is 0 Å². The number of carbonyl (C=O) groups is 1. The van der Waals surface area contributed by atoms with Gasteiger partial charge in [-0.15, -0.1) is 0 Å². The quantitative estimate of drug-likeness (QED) is 0.747. The first-order valence-electron chi connectivity index (χ1n) is 5.84. The van der Waals surface area contributed by atoms with Crippen LogP contribution in [0.1, 0.15) is 31.9 Å². The molecule has 2 unspecified atom stereocenters. The van der Waals surface area contributed by atoms with Crippen LogP contribution in [0.5, 0.6) is 11.5 Å². The van der Waals surface area contributed by atoms with Crippen molar-refractivity contribution < 1.29 is 20.1 Å². The van der Waals surface area contributed by atoms with Crippen molar-refractivity contribution in [3.8, 4) is 11.5 Å². The summed E-state index contributed by atoms with van der Waals surface area (Å²) in [6.45, 7) is 3.64. The van der Waals surface area contributed by atoms with Gasteiger partial charge in [0.2, 0.25) is 0 Å². The number of phenols is 2. The Bertz CT molecular complexity index is 413. The average molecular weight is 253 g/mol. The molecule has 0 fully saturated rings. The summed E-state index contributed by atoms with van der Waals surface area (Å²) in [4.78, 5) is 12.8. The Morgan fingerprint density at radius 3 is 2.17 bits per heavy atom. The molecule has 0 saturated carbocycles. The summed E-state index contributed by atoms with van der Waals surface area (Å²) in [5.41, 5.74) is 0.676. The molecular formula is C13H19NO4. The summed E-state index contributed by atoms with van der Waals surface area (Å²) in [7, 11) is 1.72. The minimum Gasteiger partial charge on any atom is -0.508 e. The smallest absolute Gasteiger partial charge is 0.320 e. The highest BCUT2D eigenvalue weighted by atomic mass is 16.4. The van der Waals surface area contributed by atoms with E-state index in [0.717, 1.165) is 0 Å². The number of carboxylic acids is 1. The maximum atomic E-state index is 11.1. The van der Waals surface area contributed by atoms with Gasteiger partial charge in [0.1, 0.15) is 17.5 Å². The van der Waals surface area contributed by atoms with Gasteiger partial charge in [0.15, 0.2) is 0 Å². The highest BCUT2D eigenvalue weighted by Crippen LogP contribution is 2.28. The third kappa shape index (κ3) is 3.13. The highest BCUT2D eigenvalue weighted by molar-refractivity contribution is 5.73. The standard InChI is InChI=1S/C13H19NO4/c1-4-12(13(17)18)14(3)8(2)9-5-10(15)7-11(16)6-9/h5-8,12,15-16H,4H2,1-3H3,(H,17,18). The van der Waals surface area contributed by atoms with Crippen molar-refractivity contribution in [3.63, 3.8) is 0 Å². The second-order valence-electron chi connectivity index (χ2n) is 4.39. The Morgan fingerprint density at radius 1 is 1.28 bits per heavy atom. The maximum absolute atomic E-state index is 11.1. The lowest BCUT2D eigenvalue weighted by atomic mass is 10.0. The van der Waals surface area contributed by atoms with Crippen LogP contribution in [0, 0.1) is 0 Å². The summed E-state index contributed by atoms with van der Waals surface area (Å²) in [5.74, 6) is -0.946. The van der Waals surface area contributed by atoms with Crippen LogP contribution in [-0.4, -0.2) is 39.3 Å². The van der Waals surface area contributed by atoms with Crippen molar-refractivity contribution in [2.45, 2.75) is 32.4 Å². The van der Waals surface area contributed by atoms with Crippen LogP contribution >= 0.6 is 0 Å². The average Bonchev–Trinajstić information content (AvgIpc) is 2.26. The predicted octanol–water partition coefficient (Wildman–Crippen LogP) is 1.95. The maximum Gasteiger partial charge on any atom is 0.320 e. The number of rotatable bonds is 5. The number of nitrogens with zero attached hydrogens (tertiary/aromatic N) is 1. The Morgan fingerprint density at radius 2 is 1.78 bits per heavy atom. The molecule has 5 heteroatoms. The van der Waals surface area contributed by atoms with Gasteiger partial charge < -0.3 is 15.3 Å². The van der Waals surface area contributed by atoms with Crippen molar-refractivity contribution in [1.82, 2.24) is 4.90 Å². The number of phenolic OH excluding ortho intramolecular Hbond substituents is 2. The van der Waals surface area contributed by atoms with Crippen molar-refractivity contribution in [3.05, 3.63) is 23.8 Å². The van der Waals surface area contributed by atoms with E-state index >= 15 is 0 Å². The fraction of sp³-hybridized carbons (Fsp3) is 0.462. The van der Waals surface area contributed by atoms with E-state index in [1.165, 1.54) is 18.2 Å². The second-order valence-corrected chi connectivity index (χ2v) is 4.39. The first kappa shape index (κ1) is 14.3. The lowest BCUT2D eigenvalue weighted by molar-refractivity contribution is -0.143. The zero-order valence-corrected chi connectivity index (χ0v) is 10.8. The summed E-state index contributed by atoms with van der Waals surface area (Å²) in [6, 6.07) is 3.48. The summed E-state index contributed by atoms with van der Waals surface area (Å²) in [5, 5.41) is 28.0. The van der Waals surface area contributed by atoms with Crippen LogP contribution in [0.25, 0.3) is 0 Å². The van der Waals surface area contributed by atoms with Gasteiger partial charge in [-0.2, -0.15) is 0 Å². The number of hydrogen-bond donors (Lipinski definition) is 3. The molecule has 5 nitrogen and oxygen atoms in total. The van der Waals surface area contributed by atoms with E-state index in [-0.39, 0.29) is 17.5 Å². The Kier molecular flexibility index (Phi) is 4.55. The molecule has 0 spiro atoms. The van der Waals surface area contributed by atoms with Crippen LogP contribution < -0.4 is 0 Å². The van der Waals surface area contributed by atoms with E-state index in [4.69, 9.17) is 5.11 Å². The molecule has 0 bridgehead atoms. The van der Waals surface area contributed by atoms with Gasteiger partial charge in [0, 0.05) is 12.1 Å².